The maximum Gasteiger partial charge on any atom is 0.270 e. The summed E-state index contributed by atoms with van der Waals surface area (Å²) in [4.78, 5) is 10.1. The molecule has 2 aromatic rings. The van der Waals surface area contributed by atoms with E-state index in [0.717, 1.165) is 11.6 Å². The van der Waals surface area contributed by atoms with E-state index in [0.29, 0.717) is 11.1 Å². The third-order valence-corrected chi connectivity index (χ3v) is 4.89. The minimum absolute atomic E-state index is 0.0518. The summed E-state index contributed by atoms with van der Waals surface area (Å²) in [6.07, 6.45) is 0. The standard InChI is InChI=1S/C15H16N2O5S/c1-11-2-7-14(17(19)20)8-15(11)23(21,22)16-9-12-3-5-13(10-18)6-4-12/h2-8,16,18H,9-10H2,1H3. The first-order valence-corrected chi connectivity index (χ1v) is 8.25. The molecule has 0 fully saturated rings. The summed E-state index contributed by atoms with van der Waals surface area (Å²) in [5.41, 5.74) is 1.60. The van der Waals surface area contributed by atoms with Crippen molar-refractivity contribution in [3.05, 3.63) is 69.3 Å². The van der Waals surface area contributed by atoms with Crippen LogP contribution in [0, 0.1) is 17.0 Å². The van der Waals surface area contributed by atoms with E-state index in [9.17, 15) is 18.5 Å². The van der Waals surface area contributed by atoms with Crippen LogP contribution >= 0.6 is 0 Å². The average Bonchev–Trinajstić information content (AvgIpc) is 2.53. The van der Waals surface area contributed by atoms with Crippen LogP contribution in [0.5, 0.6) is 0 Å². The van der Waals surface area contributed by atoms with Gasteiger partial charge in [-0.15, -0.1) is 0 Å². The largest absolute Gasteiger partial charge is 0.392 e. The van der Waals surface area contributed by atoms with Crippen molar-refractivity contribution in [3.8, 4) is 0 Å². The van der Waals surface area contributed by atoms with Gasteiger partial charge in [0.05, 0.1) is 16.4 Å². The topological polar surface area (TPSA) is 110 Å². The van der Waals surface area contributed by atoms with E-state index in [1.807, 2.05) is 0 Å². The van der Waals surface area contributed by atoms with Crippen molar-refractivity contribution in [2.75, 3.05) is 0 Å². The van der Waals surface area contributed by atoms with Crippen LogP contribution in [0.2, 0.25) is 0 Å². The summed E-state index contributed by atoms with van der Waals surface area (Å²) in [5.74, 6) is 0. The maximum absolute atomic E-state index is 12.4. The molecule has 0 saturated carbocycles. The quantitative estimate of drug-likeness (QED) is 0.618. The Kier molecular flexibility index (Phi) is 5.09. The van der Waals surface area contributed by atoms with E-state index >= 15 is 0 Å². The minimum Gasteiger partial charge on any atom is -0.392 e. The number of hydrogen-bond acceptors (Lipinski definition) is 5. The molecule has 0 aliphatic carbocycles. The number of nitrogens with one attached hydrogen (secondary N) is 1. The number of aliphatic hydroxyl groups excluding tert-OH is 1. The molecule has 0 aromatic heterocycles. The van der Waals surface area contributed by atoms with Crippen molar-refractivity contribution >= 4 is 15.7 Å². The van der Waals surface area contributed by atoms with Crippen molar-refractivity contribution in [1.82, 2.24) is 4.72 Å². The van der Waals surface area contributed by atoms with Crippen LogP contribution in [0.15, 0.2) is 47.4 Å². The van der Waals surface area contributed by atoms with E-state index < -0.39 is 14.9 Å². The van der Waals surface area contributed by atoms with Crippen molar-refractivity contribution in [1.29, 1.82) is 0 Å². The lowest BCUT2D eigenvalue weighted by Gasteiger charge is -2.09. The first-order chi connectivity index (χ1) is 10.8. The maximum atomic E-state index is 12.4. The molecule has 2 aromatic carbocycles. The number of benzene rings is 2. The van der Waals surface area contributed by atoms with Crippen LogP contribution in [0.25, 0.3) is 0 Å². The first kappa shape index (κ1) is 17.1. The van der Waals surface area contributed by atoms with Gasteiger partial charge in [0, 0.05) is 18.7 Å². The third-order valence-electron chi connectivity index (χ3n) is 3.34. The van der Waals surface area contributed by atoms with Gasteiger partial charge in [-0.3, -0.25) is 10.1 Å². The van der Waals surface area contributed by atoms with Gasteiger partial charge < -0.3 is 5.11 Å². The Morgan fingerprint density at radius 1 is 1.13 bits per heavy atom. The number of non-ortho nitro benzene ring substituents is 1. The molecule has 0 unspecified atom stereocenters. The van der Waals surface area contributed by atoms with Gasteiger partial charge in [-0.05, 0) is 23.6 Å². The van der Waals surface area contributed by atoms with Crippen molar-refractivity contribution in [3.63, 3.8) is 0 Å². The number of aliphatic hydroxyl groups is 1. The van der Waals surface area contributed by atoms with Gasteiger partial charge in [0.15, 0.2) is 0 Å². The van der Waals surface area contributed by atoms with Gasteiger partial charge in [-0.1, -0.05) is 30.3 Å². The van der Waals surface area contributed by atoms with Crippen LogP contribution in [0.3, 0.4) is 0 Å². The molecule has 0 spiro atoms. The second kappa shape index (κ2) is 6.86. The second-order valence-electron chi connectivity index (χ2n) is 5.01. The van der Waals surface area contributed by atoms with E-state index in [1.54, 1.807) is 31.2 Å². The van der Waals surface area contributed by atoms with Crippen LogP contribution in [-0.4, -0.2) is 18.4 Å². The molecule has 2 rings (SSSR count). The van der Waals surface area contributed by atoms with Crippen LogP contribution in [0.1, 0.15) is 16.7 Å². The molecule has 0 atom stereocenters. The van der Waals surface area contributed by atoms with Gasteiger partial charge >= 0.3 is 0 Å². The Balaban J connectivity index is 2.21. The predicted molar refractivity (Wildman–Crippen MR) is 84.2 cm³/mol. The average molecular weight is 336 g/mol. The number of aryl methyl sites for hydroxylation is 1. The molecule has 122 valence electrons. The Morgan fingerprint density at radius 3 is 2.30 bits per heavy atom. The molecule has 7 nitrogen and oxygen atoms in total. The molecule has 8 heteroatoms. The number of rotatable bonds is 6. The highest BCUT2D eigenvalue weighted by molar-refractivity contribution is 7.89. The zero-order chi connectivity index (χ0) is 17.0. The van der Waals surface area contributed by atoms with Gasteiger partial charge in [-0.25, -0.2) is 13.1 Å². The fraction of sp³-hybridized carbons (Fsp3) is 0.200. The summed E-state index contributed by atoms with van der Waals surface area (Å²) >= 11 is 0. The lowest BCUT2D eigenvalue weighted by atomic mass is 10.1. The lowest BCUT2D eigenvalue weighted by molar-refractivity contribution is -0.385. The Bertz CT molecular complexity index is 816. The summed E-state index contributed by atoms with van der Waals surface area (Å²) in [6.45, 7) is 1.55. The number of hydrogen-bond donors (Lipinski definition) is 2. The predicted octanol–water partition coefficient (Wildman–Crippen LogP) is 1.87. The summed E-state index contributed by atoms with van der Waals surface area (Å²) < 4.78 is 27.1. The summed E-state index contributed by atoms with van der Waals surface area (Å²) in [6, 6.07) is 10.5. The first-order valence-electron chi connectivity index (χ1n) is 6.77. The Morgan fingerprint density at radius 2 is 1.74 bits per heavy atom. The van der Waals surface area contributed by atoms with E-state index in [-0.39, 0.29) is 23.7 Å². The van der Waals surface area contributed by atoms with Crippen LogP contribution in [-0.2, 0) is 23.2 Å². The summed E-state index contributed by atoms with van der Waals surface area (Å²) in [5, 5.41) is 19.8. The molecule has 0 bridgehead atoms. The van der Waals surface area contributed by atoms with Crippen molar-refractivity contribution < 1.29 is 18.4 Å². The van der Waals surface area contributed by atoms with Crippen molar-refractivity contribution in [2.24, 2.45) is 0 Å². The zero-order valence-corrected chi connectivity index (χ0v) is 13.2. The molecule has 0 saturated heterocycles. The molecule has 0 heterocycles. The minimum atomic E-state index is -3.86. The highest BCUT2D eigenvalue weighted by Crippen LogP contribution is 2.21. The SMILES string of the molecule is Cc1ccc([N+](=O)[O-])cc1S(=O)(=O)NCc1ccc(CO)cc1. The Hall–Kier alpha value is -2.29. The number of sulfonamides is 1. The normalized spacial score (nSPS) is 11.4. The molecule has 2 N–H and O–H groups in total. The lowest BCUT2D eigenvalue weighted by Crippen LogP contribution is -2.24. The molecule has 23 heavy (non-hydrogen) atoms. The van der Waals surface area contributed by atoms with Gasteiger partial charge in [0.25, 0.3) is 5.69 Å². The van der Waals surface area contributed by atoms with Gasteiger partial charge in [0.1, 0.15) is 0 Å². The molecule has 0 amide bonds. The molecular weight excluding hydrogens is 320 g/mol. The van der Waals surface area contributed by atoms with E-state index in [2.05, 4.69) is 4.72 Å². The number of nitro benzene ring substituents is 1. The third kappa shape index (κ3) is 4.13. The van der Waals surface area contributed by atoms with Gasteiger partial charge in [-0.2, -0.15) is 0 Å². The van der Waals surface area contributed by atoms with Gasteiger partial charge in [0.2, 0.25) is 10.0 Å². The highest BCUT2D eigenvalue weighted by Gasteiger charge is 2.20. The van der Waals surface area contributed by atoms with E-state index in [1.165, 1.54) is 12.1 Å². The van der Waals surface area contributed by atoms with Crippen molar-refractivity contribution in [2.45, 2.75) is 25.0 Å². The molecule has 0 aliphatic rings. The summed E-state index contributed by atoms with van der Waals surface area (Å²) in [7, 11) is -3.86. The fourth-order valence-electron chi connectivity index (χ4n) is 2.01. The van der Waals surface area contributed by atoms with Crippen LogP contribution in [0.4, 0.5) is 5.69 Å². The molecular formula is C15H16N2O5S. The molecule has 0 aliphatic heterocycles. The second-order valence-corrected chi connectivity index (χ2v) is 6.74. The number of nitro groups is 1. The zero-order valence-electron chi connectivity index (χ0n) is 12.4. The van der Waals surface area contributed by atoms with Crippen LogP contribution < -0.4 is 4.72 Å². The highest BCUT2D eigenvalue weighted by atomic mass is 32.2. The smallest absolute Gasteiger partial charge is 0.270 e. The van der Waals surface area contributed by atoms with E-state index in [4.69, 9.17) is 5.11 Å². The Labute approximate surface area is 133 Å². The molecule has 0 radical (unpaired) electrons. The monoisotopic (exact) mass is 336 g/mol. The number of nitrogens with zero attached hydrogens (tertiary/aromatic N) is 1. The fourth-order valence-corrected chi connectivity index (χ4v) is 3.29.